The molecule has 0 radical (unpaired) electrons. The van der Waals surface area contributed by atoms with Crippen molar-refractivity contribution in [2.24, 2.45) is 5.92 Å². The number of nitrogens with zero attached hydrogens (tertiary/aromatic N) is 4. The number of sulfonamides is 1. The zero-order chi connectivity index (χ0) is 26.7. The lowest BCUT2D eigenvalue weighted by Crippen LogP contribution is -2.39. The molecule has 0 saturated carbocycles. The highest BCUT2D eigenvalue weighted by Crippen LogP contribution is 2.33. The third-order valence-corrected chi connectivity index (χ3v) is 10.4. The predicted molar refractivity (Wildman–Crippen MR) is 159 cm³/mol. The monoisotopic (exact) mass is 578 g/mol. The number of carbonyl (C=O) groups excluding carboxylic acids is 1. The number of thiazole rings is 1. The molecule has 38 heavy (non-hydrogen) atoms. The van der Waals surface area contributed by atoms with Gasteiger partial charge < -0.3 is 4.90 Å². The van der Waals surface area contributed by atoms with Crippen LogP contribution in [0.25, 0.3) is 10.2 Å². The Balaban J connectivity index is 0.00000400. The van der Waals surface area contributed by atoms with E-state index in [0.717, 1.165) is 53.8 Å². The Labute approximate surface area is 237 Å². The first-order valence-electron chi connectivity index (χ1n) is 13.2. The summed E-state index contributed by atoms with van der Waals surface area (Å²) in [4.78, 5) is 22.9. The number of aryl methyl sites for hydroxylation is 2. The summed E-state index contributed by atoms with van der Waals surface area (Å²) < 4.78 is 28.9. The minimum atomic E-state index is -3.56. The van der Waals surface area contributed by atoms with Crippen LogP contribution in [0.5, 0.6) is 0 Å². The number of halogens is 1. The second kappa shape index (κ2) is 12.9. The normalized spacial score (nSPS) is 15.1. The highest BCUT2D eigenvalue weighted by atomic mass is 35.5. The summed E-state index contributed by atoms with van der Waals surface area (Å²) in [6.45, 7) is 14.6. The summed E-state index contributed by atoms with van der Waals surface area (Å²) >= 11 is 1.53. The van der Waals surface area contributed by atoms with Gasteiger partial charge in [-0.3, -0.25) is 9.69 Å². The maximum Gasteiger partial charge on any atom is 0.260 e. The quantitative estimate of drug-likeness (QED) is 0.323. The lowest BCUT2D eigenvalue weighted by Gasteiger charge is -2.29. The average Bonchev–Trinajstić information content (AvgIpc) is 3.31. The maximum absolute atomic E-state index is 13.8. The molecule has 0 unspecified atom stereocenters. The smallest absolute Gasteiger partial charge is 0.260 e. The number of benzene rings is 2. The summed E-state index contributed by atoms with van der Waals surface area (Å²) in [5, 5.41) is 0.667. The molecule has 1 saturated heterocycles. The number of hydrogen-bond donors (Lipinski definition) is 0. The van der Waals surface area contributed by atoms with Gasteiger partial charge in [0, 0.05) is 31.7 Å². The van der Waals surface area contributed by atoms with Gasteiger partial charge in [0.2, 0.25) is 10.0 Å². The molecule has 2 aromatic carbocycles. The maximum atomic E-state index is 13.8. The van der Waals surface area contributed by atoms with E-state index in [-0.39, 0.29) is 23.2 Å². The fourth-order valence-electron chi connectivity index (χ4n) is 4.85. The Morgan fingerprint density at radius 1 is 1.05 bits per heavy atom. The van der Waals surface area contributed by atoms with Crippen LogP contribution in [-0.2, 0) is 10.0 Å². The first-order chi connectivity index (χ1) is 17.6. The van der Waals surface area contributed by atoms with Crippen LogP contribution in [0.1, 0.15) is 55.1 Å². The summed E-state index contributed by atoms with van der Waals surface area (Å²) in [5.41, 5.74) is 3.65. The van der Waals surface area contributed by atoms with E-state index >= 15 is 0 Å². The van der Waals surface area contributed by atoms with Crippen LogP contribution in [0.3, 0.4) is 0 Å². The lowest BCUT2D eigenvalue weighted by atomic mass is 10.0. The number of anilines is 1. The van der Waals surface area contributed by atoms with Crippen molar-refractivity contribution in [3.05, 3.63) is 53.1 Å². The number of fused-ring (bicyclic) bond motifs is 1. The van der Waals surface area contributed by atoms with E-state index in [0.29, 0.717) is 36.2 Å². The molecule has 7 nitrogen and oxygen atoms in total. The zero-order valence-corrected chi connectivity index (χ0v) is 25.4. The van der Waals surface area contributed by atoms with E-state index in [4.69, 9.17) is 4.98 Å². The van der Waals surface area contributed by atoms with E-state index in [1.807, 2.05) is 0 Å². The van der Waals surface area contributed by atoms with Crippen molar-refractivity contribution < 1.29 is 13.2 Å². The predicted octanol–water partition coefficient (Wildman–Crippen LogP) is 5.74. The van der Waals surface area contributed by atoms with Crippen molar-refractivity contribution in [2.45, 2.75) is 52.4 Å². The van der Waals surface area contributed by atoms with Gasteiger partial charge in [0.25, 0.3) is 5.91 Å². The number of piperidine rings is 1. The van der Waals surface area contributed by atoms with Crippen LogP contribution in [0.4, 0.5) is 5.13 Å². The van der Waals surface area contributed by atoms with Crippen molar-refractivity contribution in [3.8, 4) is 0 Å². The Morgan fingerprint density at radius 2 is 1.68 bits per heavy atom. The Hall–Kier alpha value is -2.04. The molecule has 4 rings (SSSR count). The zero-order valence-electron chi connectivity index (χ0n) is 22.9. The molecule has 1 amide bonds. The third-order valence-electron chi connectivity index (χ3n) is 7.30. The minimum Gasteiger partial charge on any atom is -0.302 e. The number of rotatable bonds is 9. The molecule has 1 aliphatic rings. The SMILES string of the molecule is CCN(CC)CCN(C(=O)c1ccc(S(=O)(=O)N2CCC(C)CC2)cc1)c1nc2cc(C)cc(C)c2s1.Cl. The van der Waals surface area contributed by atoms with Crippen LogP contribution in [0.2, 0.25) is 0 Å². The van der Waals surface area contributed by atoms with E-state index in [1.54, 1.807) is 33.5 Å². The van der Waals surface area contributed by atoms with E-state index < -0.39 is 10.0 Å². The van der Waals surface area contributed by atoms with Crippen LogP contribution in [0.15, 0.2) is 41.3 Å². The van der Waals surface area contributed by atoms with E-state index in [1.165, 1.54) is 11.3 Å². The summed E-state index contributed by atoms with van der Waals surface area (Å²) in [6.07, 6.45) is 1.75. The number of aromatic nitrogens is 1. The van der Waals surface area contributed by atoms with Gasteiger partial charge in [-0.1, -0.05) is 38.2 Å². The fraction of sp³-hybridized carbons (Fsp3) is 0.500. The van der Waals surface area contributed by atoms with Crippen molar-refractivity contribution in [1.29, 1.82) is 0 Å². The largest absolute Gasteiger partial charge is 0.302 e. The first kappa shape index (κ1) is 30.5. The van der Waals surface area contributed by atoms with Crippen LogP contribution in [-0.4, -0.2) is 67.8 Å². The van der Waals surface area contributed by atoms with Gasteiger partial charge in [0.05, 0.1) is 15.1 Å². The highest BCUT2D eigenvalue weighted by molar-refractivity contribution is 7.89. The molecule has 0 bridgehead atoms. The average molecular weight is 579 g/mol. The Bertz CT molecular complexity index is 1350. The summed E-state index contributed by atoms with van der Waals surface area (Å²) in [5.74, 6) is 0.375. The van der Waals surface area contributed by atoms with Crippen molar-refractivity contribution in [1.82, 2.24) is 14.2 Å². The molecule has 1 aliphatic heterocycles. The minimum absolute atomic E-state index is 0. The van der Waals surface area contributed by atoms with Gasteiger partial charge in [-0.15, -0.1) is 12.4 Å². The first-order valence-corrected chi connectivity index (χ1v) is 15.4. The van der Waals surface area contributed by atoms with Gasteiger partial charge in [-0.05, 0) is 87.2 Å². The number of carbonyl (C=O) groups is 1. The number of hydrogen-bond acceptors (Lipinski definition) is 6. The van der Waals surface area contributed by atoms with E-state index in [2.05, 4.69) is 51.7 Å². The van der Waals surface area contributed by atoms with Gasteiger partial charge in [0.15, 0.2) is 5.13 Å². The van der Waals surface area contributed by atoms with Gasteiger partial charge in [-0.25, -0.2) is 13.4 Å². The fourth-order valence-corrected chi connectivity index (χ4v) is 7.36. The Morgan fingerprint density at radius 3 is 2.29 bits per heavy atom. The van der Waals surface area contributed by atoms with Crippen LogP contribution in [0, 0.1) is 19.8 Å². The highest BCUT2D eigenvalue weighted by Gasteiger charge is 2.29. The Kier molecular flexibility index (Phi) is 10.3. The van der Waals surface area contributed by atoms with Crippen molar-refractivity contribution in [2.75, 3.05) is 44.2 Å². The van der Waals surface area contributed by atoms with Crippen LogP contribution < -0.4 is 4.90 Å². The second-order valence-corrected chi connectivity index (χ2v) is 12.9. The standard InChI is InChI=1S/C28H38N4O3S2.ClH/c1-6-30(7-2)16-17-32(28-29-25-19-21(4)18-22(5)26(25)36-28)27(33)23-8-10-24(11-9-23)37(34,35)31-14-12-20(3)13-15-31;/h8-11,18-20H,6-7,12-17H2,1-5H3;1H. The van der Waals surface area contributed by atoms with Crippen molar-refractivity contribution in [3.63, 3.8) is 0 Å². The molecule has 0 aliphatic carbocycles. The molecule has 2 heterocycles. The summed E-state index contributed by atoms with van der Waals surface area (Å²) in [6, 6.07) is 10.6. The molecule has 208 valence electrons. The van der Waals surface area contributed by atoms with Gasteiger partial charge >= 0.3 is 0 Å². The molecule has 10 heteroatoms. The molecular weight excluding hydrogens is 540 g/mol. The molecule has 0 N–H and O–H groups in total. The van der Waals surface area contributed by atoms with Gasteiger partial charge in [-0.2, -0.15) is 4.31 Å². The molecular formula is C28H39ClN4O3S2. The third kappa shape index (κ3) is 6.57. The van der Waals surface area contributed by atoms with Crippen LogP contribution >= 0.6 is 23.7 Å². The molecule has 0 spiro atoms. The number of amides is 1. The molecule has 1 aromatic heterocycles. The van der Waals surface area contributed by atoms with Gasteiger partial charge in [0.1, 0.15) is 0 Å². The molecule has 1 fully saturated rings. The molecule has 3 aromatic rings. The topological polar surface area (TPSA) is 73.8 Å². The summed E-state index contributed by atoms with van der Waals surface area (Å²) in [7, 11) is -3.56. The number of likely N-dealkylation sites (N-methyl/N-ethyl adjacent to an activating group) is 1. The molecule has 0 atom stereocenters. The van der Waals surface area contributed by atoms with E-state index in [9.17, 15) is 13.2 Å². The van der Waals surface area contributed by atoms with Crippen molar-refractivity contribution >= 4 is 55.0 Å². The lowest BCUT2D eigenvalue weighted by molar-refractivity contribution is 0.0983. The second-order valence-electron chi connectivity index (χ2n) is 10.0.